The first-order valence-corrected chi connectivity index (χ1v) is 7.32. The molecule has 1 N–H and O–H groups in total. The highest BCUT2D eigenvalue weighted by Crippen LogP contribution is 2.25. The molecular formula is C14H16BrFN2O2. The molecule has 0 saturated carbocycles. The number of likely N-dealkylation sites (tertiary alicyclic amines) is 1. The minimum absolute atomic E-state index is 0.145. The van der Waals surface area contributed by atoms with Crippen molar-refractivity contribution in [3.8, 4) is 0 Å². The van der Waals surface area contributed by atoms with Gasteiger partial charge in [-0.15, -0.1) is 0 Å². The van der Waals surface area contributed by atoms with E-state index in [1.165, 1.54) is 17.0 Å². The number of rotatable bonds is 2. The molecule has 0 spiro atoms. The van der Waals surface area contributed by atoms with Crippen molar-refractivity contribution in [3.63, 3.8) is 0 Å². The van der Waals surface area contributed by atoms with Gasteiger partial charge < -0.3 is 10.2 Å². The quantitative estimate of drug-likeness (QED) is 0.896. The van der Waals surface area contributed by atoms with Crippen molar-refractivity contribution in [1.82, 2.24) is 10.2 Å². The van der Waals surface area contributed by atoms with Gasteiger partial charge in [-0.3, -0.25) is 9.59 Å². The fourth-order valence-electron chi connectivity index (χ4n) is 2.44. The average Bonchev–Trinajstić information content (AvgIpc) is 2.48. The maximum atomic E-state index is 13.5. The predicted molar refractivity (Wildman–Crippen MR) is 76.8 cm³/mol. The van der Waals surface area contributed by atoms with Gasteiger partial charge in [-0.25, -0.2) is 4.39 Å². The van der Waals surface area contributed by atoms with Crippen molar-refractivity contribution in [2.24, 2.45) is 0 Å². The van der Waals surface area contributed by atoms with Gasteiger partial charge in [-0.2, -0.15) is 0 Å². The van der Waals surface area contributed by atoms with Gasteiger partial charge in [0.2, 0.25) is 5.91 Å². The lowest BCUT2D eigenvalue weighted by molar-refractivity contribution is -0.126. The Labute approximate surface area is 125 Å². The number of hydrogen-bond donors (Lipinski definition) is 1. The maximum Gasteiger partial charge on any atom is 0.255 e. The summed E-state index contributed by atoms with van der Waals surface area (Å²) in [6.07, 6.45) is 2.40. The first kappa shape index (κ1) is 15.0. The topological polar surface area (TPSA) is 49.4 Å². The molecule has 1 heterocycles. The zero-order chi connectivity index (χ0) is 14.7. The zero-order valence-electron chi connectivity index (χ0n) is 11.2. The van der Waals surface area contributed by atoms with Crippen LogP contribution in [0.3, 0.4) is 0 Å². The average molecular weight is 343 g/mol. The zero-order valence-corrected chi connectivity index (χ0v) is 12.7. The summed E-state index contributed by atoms with van der Waals surface area (Å²) >= 11 is 3.10. The third kappa shape index (κ3) is 2.85. The summed E-state index contributed by atoms with van der Waals surface area (Å²) in [7, 11) is 1.55. The molecule has 1 fully saturated rings. The minimum atomic E-state index is -0.482. The van der Waals surface area contributed by atoms with E-state index in [1.54, 1.807) is 13.1 Å². The normalized spacial score (nSPS) is 18.8. The molecule has 1 aliphatic heterocycles. The van der Waals surface area contributed by atoms with E-state index in [1.807, 2.05) is 0 Å². The van der Waals surface area contributed by atoms with Crippen LogP contribution in [0.1, 0.15) is 29.6 Å². The van der Waals surface area contributed by atoms with Crippen molar-refractivity contribution in [2.75, 3.05) is 13.6 Å². The van der Waals surface area contributed by atoms with E-state index in [0.717, 1.165) is 12.8 Å². The van der Waals surface area contributed by atoms with Crippen molar-refractivity contribution in [1.29, 1.82) is 0 Å². The number of hydrogen-bond acceptors (Lipinski definition) is 2. The molecule has 1 aromatic carbocycles. The summed E-state index contributed by atoms with van der Waals surface area (Å²) in [4.78, 5) is 26.0. The maximum absolute atomic E-state index is 13.5. The Kier molecular flexibility index (Phi) is 4.75. The number of halogens is 2. The van der Waals surface area contributed by atoms with E-state index in [2.05, 4.69) is 21.2 Å². The van der Waals surface area contributed by atoms with E-state index in [-0.39, 0.29) is 21.9 Å². The Morgan fingerprint density at radius 1 is 1.40 bits per heavy atom. The molecule has 0 radical (unpaired) electrons. The highest BCUT2D eigenvalue weighted by atomic mass is 79.9. The Bertz CT molecular complexity index is 536. The number of nitrogens with one attached hydrogen (secondary N) is 1. The molecule has 0 aliphatic carbocycles. The number of amides is 2. The van der Waals surface area contributed by atoms with Crippen LogP contribution in [0.4, 0.5) is 4.39 Å². The van der Waals surface area contributed by atoms with Gasteiger partial charge in [0.1, 0.15) is 11.9 Å². The van der Waals surface area contributed by atoms with E-state index >= 15 is 0 Å². The molecule has 1 aliphatic rings. The summed E-state index contributed by atoms with van der Waals surface area (Å²) in [6.45, 7) is 0.514. The number of carbonyl (C=O) groups excluding carboxylic acids is 2. The monoisotopic (exact) mass is 342 g/mol. The number of nitrogens with zero attached hydrogens (tertiary/aromatic N) is 1. The van der Waals surface area contributed by atoms with Crippen LogP contribution in [0.15, 0.2) is 22.7 Å². The van der Waals surface area contributed by atoms with Crippen molar-refractivity contribution in [3.05, 3.63) is 34.1 Å². The lowest BCUT2D eigenvalue weighted by Crippen LogP contribution is -2.51. The van der Waals surface area contributed by atoms with Gasteiger partial charge in [0.15, 0.2) is 0 Å². The number of carbonyl (C=O) groups is 2. The molecule has 6 heteroatoms. The van der Waals surface area contributed by atoms with Crippen molar-refractivity contribution < 1.29 is 14.0 Å². The van der Waals surface area contributed by atoms with Gasteiger partial charge in [-0.05, 0) is 47.3 Å². The lowest BCUT2D eigenvalue weighted by Gasteiger charge is -2.34. The van der Waals surface area contributed by atoms with Crippen LogP contribution in [0.2, 0.25) is 0 Å². The Morgan fingerprint density at radius 3 is 2.85 bits per heavy atom. The van der Waals surface area contributed by atoms with Gasteiger partial charge in [0.05, 0.1) is 10.0 Å². The molecule has 20 heavy (non-hydrogen) atoms. The molecule has 1 saturated heterocycles. The fourth-order valence-corrected chi connectivity index (χ4v) is 2.87. The fraction of sp³-hybridized carbons (Fsp3) is 0.429. The molecule has 1 aromatic rings. The highest BCUT2D eigenvalue weighted by molar-refractivity contribution is 9.10. The first-order chi connectivity index (χ1) is 9.56. The largest absolute Gasteiger partial charge is 0.357 e. The van der Waals surface area contributed by atoms with Crippen LogP contribution in [0.25, 0.3) is 0 Å². The smallest absolute Gasteiger partial charge is 0.255 e. The predicted octanol–water partition coefficient (Wildman–Crippen LogP) is 2.33. The third-order valence-electron chi connectivity index (χ3n) is 3.49. The van der Waals surface area contributed by atoms with Gasteiger partial charge in [-0.1, -0.05) is 6.07 Å². The summed E-state index contributed by atoms with van der Waals surface area (Å²) in [6, 6.07) is 3.86. The molecule has 2 rings (SSSR count). The molecule has 1 atom stereocenters. The second-order valence-corrected chi connectivity index (χ2v) is 5.52. The van der Waals surface area contributed by atoms with E-state index in [4.69, 9.17) is 0 Å². The molecule has 108 valence electrons. The standard InChI is InChI=1S/C14H16BrFN2O2/c1-17-13(19)11-7-2-3-8-18(11)14(20)9-5-4-6-10(16)12(9)15/h4-6,11H,2-3,7-8H2,1H3,(H,17,19). The van der Waals surface area contributed by atoms with Crippen molar-refractivity contribution >= 4 is 27.7 Å². The molecule has 2 amide bonds. The van der Waals surface area contributed by atoms with Crippen LogP contribution < -0.4 is 5.32 Å². The lowest BCUT2D eigenvalue weighted by atomic mass is 10.00. The van der Waals surface area contributed by atoms with Crippen LogP contribution in [0.5, 0.6) is 0 Å². The van der Waals surface area contributed by atoms with Gasteiger partial charge >= 0.3 is 0 Å². The summed E-state index contributed by atoms with van der Waals surface area (Å²) in [5, 5.41) is 2.58. The van der Waals surface area contributed by atoms with Crippen molar-refractivity contribution in [2.45, 2.75) is 25.3 Å². The SMILES string of the molecule is CNC(=O)C1CCCCN1C(=O)c1cccc(F)c1Br. The molecule has 0 bridgehead atoms. The summed E-state index contributed by atoms with van der Waals surface area (Å²) in [5.41, 5.74) is 0.251. The van der Waals surface area contributed by atoms with E-state index in [9.17, 15) is 14.0 Å². The Balaban J connectivity index is 2.30. The van der Waals surface area contributed by atoms with E-state index < -0.39 is 11.9 Å². The molecule has 4 nitrogen and oxygen atoms in total. The highest BCUT2D eigenvalue weighted by Gasteiger charge is 2.32. The second-order valence-electron chi connectivity index (χ2n) is 4.73. The first-order valence-electron chi connectivity index (χ1n) is 6.53. The summed E-state index contributed by atoms with van der Waals surface area (Å²) < 4.78 is 13.7. The molecule has 0 aromatic heterocycles. The van der Waals surface area contributed by atoms with Crippen LogP contribution in [0, 0.1) is 5.82 Å². The van der Waals surface area contributed by atoms with Gasteiger partial charge in [0, 0.05) is 13.6 Å². The molecular weight excluding hydrogens is 327 g/mol. The molecule has 1 unspecified atom stereocenters. The number of benzene rings is 1. The van der Waals surface area contributed by atoms with Crippen LogP contribution in [-0.4, -0.2) is 36.3 Å². The Morgan fingerprint density at radius 2 is 2.15 bits per heavy atom. The van der Waals surface area contributed by atoms with E-state index in [0.29, 0.717) is 13.0 Å². The van der Waals surface area contributed by atoms with Gasteiger partial charge in [0.25, 0.3) is 5.91 Å². The number of likely N-dealkylation sites (N-methyl/N-ethyl adjacent to an activating group) is 1. The Hall–Kier alpha value is -1.43. The summed E-state index contributed by atoms with van der Waals surface area (Å²) in [5.74, 6) is -0.973. The second kappa shape index (κ2) is 6.35. The van der Waals surface area contributed by atoms with Crippen LogP contribution in [-0.2, 0) is 4.79 Å². The number of piperidine rings is 1. The minimum Gasteiger partial charge on any atom is -0.357 e. The third-order valence-corrected chi connectivity index (χ3v) is 4.30. The van der Waals surface area contributed by atoms with Crippen LogP contribution >= 0.6 is 15.9 Å².